The molecule has 3 aromatic rings. The Morgan fingerprint density at radius 3 is 2.51 bits per heavy atom. The molecule has 0 aromatic heterocycles. The molecule has 5 rings (SSSR count). The fourth-order valence-corrected chi connectivity index (χ4v) is 5.37. The van der Waals surface area contributed by atoms with Crippen LogP contribution < -0.4 is 9.64 Å². The molecule has 3 atom stereocenters. The van der Waals surface area contributed by atoms with Crippen molar-refractivity contribution < 1.29 is 19.0 Å². The van der Waals surface area contributed by atoms with Crippen LogP contribution in [-0.4, -0.2) is 49.3 Å². The number of methoxy groups -OCH3 is 1. The Hall–Kier alpha value is -3.82. The van der Waals surface area contributed by atoms with Gasteiger partial charge in [0.25, 0.3) is 5.91 Å². The second kappa shape index (κ2) is 9.44. The molecular formula is C29H27FN2O3. The molecule has 1 fully saturated rings. The maximum absolute atomic E-state index is 14.5. The van der Waals surface area contributed by atoms with Gasteiger partial charge in [0.05, 0.1) is 31.4 Å². The summed E-state index contributed by atoms with van der Waals surface area (Å²) in [6.07, 6.45) is 0.738. The Bertz CT molecular complexity index is 1310. The monoisotopic (exact) mass is 470 g/mol. The van der Waals surface area contributed by atoms with E-state index in [2.05, 4.69) is 16.7 Å². The largest absolute Gasteiger partial charge is 0.497 e. The number of hydrogen-bond acceptors (Lipinski definition) is 4. The average Bonchev–Trinajstić information content (AvgIpc) is 3.33. The molecule has 3 aromatic carbocycles. The van der Waals surface area contributed by atoms with E-state index in [4.69, 9.17) is 4.74 Å². The van der Waals surface area contributed by atoms with Gasteiger partial charge in [0.15, 0.2) is 0 Å². The lowest BCUT2D eigenvalue weighted by atomic mass is 9.81. The van der Waals surface area contributed by atoms with E-state index in [1.165, 1.54) is 12.1 Å². The van der Waals surface area contributed by atoms with Crippen LogP contribution in [0.4, 0.5) is 10.1 Å². The number of aliphatic hydroxyl groups is 1. The Labute approximate surface area is 204 Å². The highest BCUT2D eigenvalue weighted by molar-refractivity contribution is 5.95. The number of anilines is 1. The predicted molar refractivity (Wildman–Crippen MR) is 133 cm³/mol. The fraction of sp³-hybridized carbons (Fsp3) is 0.276. The number of nitrogens with zero attached hydrogens (tertiary/aromatic N) is 2. The van der Waals surface area contributed by atoms with Crippen LogP contribution in [0, 0.1) is 23.6 Å². The molecule has 178 valence electrons. The van der Waals surface area contributed by atoms with E-state index in [-0.39, 0.29) is 36.1 Å². The third-order valence-electron chi connectivity index (χ3n) is 7.16. The van der Waals surface area contributed by atoms with Crippen molar-refractivity contribution in [1.29, 1.82) is 0 Å². The number of benzene rings is 3. The number of rotatable bonds is 3. The number of likely N-dealkylation sites (N-methyl/N-ethyl adjacent to an activating group) is 1. The maximum Gasteiger partial charge on any atom is 0.257 e. The van der Waals surface area contributed by atoms with Gasteiger partial charge in [0.2, 0.25) is 0 Å². The van der Waals surface area contributed by atoms with E-state index in [1.54, 1.807) is 24.1 Å². The number of aliphatic hydroxyl groups excluding tert-OH is 1. The first-order valence-corrected chi connectivity index (χ1v) is 11.7. The lowest BCUT2D eigenvalue weighted by molar-refractivity contribution is 0.0689. The first-order valence-electron chi connectivity index (χ1n) is 11.7. The van der Waals surface area contributed by atoms with E-state index >= 15 is 0 Å². The van der Waals surface area contributed by atoms with E-state index in [1.807, 2.05) is 49.5 Å². The minimum Gasteiger partial charge on any atom is -0.497 e. The molecule has 2 aliphatic rings. The summed E-state index contributed by atoms with van der Waals surface area (Å²) in [5.41, 5.74) is 3.71. The standard InChI is InChI=1S/C29H27FN2O3/c1-31-26-14-11-20(8-7-19-9-12-21(35-2)13-10-19)17-24(26)28-23(27(31)18-33)15-16-32(28)29(34)22-5-3-4-6-25(22)30/h3-6,9-14,17,23,27-28,33H,15-16,18H2,1-2H3/t23-,27-,28-/m0/s1. The van der Waals surface area contributed by atoms with Crippen LogP contribution in [0.2, 0.25) is 0 Å². The number of amides is 1. The molecular weight excluding hydrogens is 443 g/mol. The molecule has 1 saturated heterocycles. The maximum atomic E-state index is 14.5. The van der Waals surface area contributed by atoms with Gasteiger partial charge in [0.1, 0.15) is 11.6 Å². The van der Waals surface area contributed by atoms with Crippen molar-refractivity contribution in [2.45, 2.75) is 18.5 Å². The van der Waals surface area contributed by atoms with Gasteiger partial charge in [-0.1, -0.05) is 24.0 Å². The zero-order valence-corrected chi connectivity index (χ0v) is 19.7. The fourth-order valence-electron chi connectivity index (χ4n) is 5.37. The first kappa shape index (κ1) is 22.9. The van der Waals surface area contributed by atoms with Crippen LogP contribution >= 0.6 is 0 Å². The second-order valence-corrected chi connectivity index (χ2v) is 8.99. The number of fused-ring (bicyclic) bond motifs is 3. The summed E-state index contributed by atoms with van der Waals surface area (Å²) in [5.74, 6) is 6.39. The van der Waals surface area contributed by atoms with Gasteiger partial charge in [0, 0.05) is 36.3 Å². The molecule has 2 aliphatic heterocycles. The van der Waals surface area contributed by atoms with E-state index < -0.39 is 5.82 Å². The average molecular weight is 471 g/mol. The zero-order valence-electron chi connectivity index (χ0n) is 19.7. The third kappa shape index (κ3) is 4.13. The predicted octanol–water partition coefficient (Wildman–Crippen LogP) is 4.25. The highest BCUT2D eigenvalue weighted by atomic mass is 19.1. The molecule has 0 bridgehead atoms. The number of ether oxygens (including phenoxy) is 1. The molecule has 1 amide bonds. The summed E-state index contributed by atoms with van der Waals surface area (Å²) >= 11 is 0. The van der Waals surface area contributed by atoms with Crippen molar-refractivity contribution >= 4 is 11.6 Å². The SMILES string of the molecule is COc1ccc(C#Cc2ccc3c(c2)[C@@H]2[C@@H](CCN2C(=O)c2ccccc2F)[C@H](CO)N3C)cc1. The molecule has 0 aliphatic carbocycles. The number of hydrogen-bond donors (Lipinski definition) is 1. The Balaban J connectivity index is 1.53. The zero-order chi connectivity index (χ0) is 24.5. The molecule has 35 heavy (non-hydrogen) atoms. The van der Waals surface area contributed by atoms with Gasteiger partial charge in [-0.3, -0.25) is 4.79 Å². The number of carbonyl (C=O) groups excluding carboxylic acids is 1. The molecule has 6 heteroatoms. The Morgan fingerprint density at radius 1 is 1.09 bits per heavy atom. The Kier molecular flexibility index (Phi) is 6.19. The van der Waals surface area contributed by atoms with Gasteiger partial charge in [-0.2, -0.15) is 0 Å². The van der Waals surface area contributed by atoms with Gasteiger partial charge in [-0.15, -0.1) is 0 Å². The molecule has 0 unspecified atom stereocenters. The van der Waals surface area contributed by atoms with E-state index in [0.717, 1.165) is 34.5 Å². The van der Waals surface area contributed by atoms with Crippen molar-refractivity contribution in [2.75, 3.05) is 32.2 Å². The van der Waals surface area contributed by atoms with E-state index in [0.29, 0.717) is 6.54 Å². The number of likely N-dealkylation sites (tertiary alicyclic amines) is 1. The topological polar surface area (TPSA) is 53.0 Å². The molecule has 5 nitrogen and oxygen atoms in total. The number of carbonyl (C=O) groups is 1. The van der Waals surface area contributed by atoms with Crippen LogP contribution in [-0.2, 0) is 0 Å². The normalized spacial score (nSPS) is 20.5. The molecule has 2 heterocycles. The number of halogens is 1. The quantitative estimate of drug-likeness (QED) is 0.582. The smallest absolute Gasteiger partial charge is 0.257 e. The lowest BCUT2D eigenvalue weighted by Gasteiger charge is -2.44. The van der Waals surface area contributed by atoms with Gasteiger partial charge in [-0.25, -0.2) is 4.39 Å². The summed E-state index contributed by atoms with van der Waals surface area (Å²) in [6, 6.07) is 19.3. The van der Waals surface area contributed by atoms with Crippen LogP contribution in [0.25, 0.3) is 0 Å². The van der Waals surface area contributed by atoms with E-state index in [9.17, 15) is 14.3 Å². The van der Waals surface area contributed by atoms with Crippen molar-refractivity contribution in [1.82, 2.24) is 4.90 Å². The van der Waals surface area contributed by atoms with Crippen LogP contribution in [0.5, 0.6) is 5.75 Å². The van der Waals surface area contributed by atoms with Crippen LogP contribution in [0.15, 0.2) is 66.7 Å². The van der Waals surface area contributed by atoms with Crippen LogP contribution in [0.1, 0.15) is 39.5 Å². The van der Waals surface area contributed by atoms with Crippen LogP contribution in [0.3, 0.4) is 0 Å². The molecule has 0 radical (unpaired) electrons. The summed E-state index contributed by atoms with van der Waals surface area (Å²) in [6.45, 7) is 0.492. The highest BCUT2D eigenvalue weighted by Crippen LogP contribution is 2.49. The summed E-state index contributed by atoms with van der Waals surface area (Å²) in [7, 11) is 3.60. The molecule has 0 spiro atoms. The van der Waals surface area contributed by atoms with Gasteiger partial charge in [-0.05, 0) is 66.6 Å². The summed E-state index contributed by atoms with van der Waals surface area (Å²) < 4.78 is 19.7. The third-order valence-corrected chi connectivity index (χ3v) is 7.16. The van der Waals surface area contributed by atoms with Crippen molar-refractivity contribution in [3.63, 3.8) is 0 Å². The minimum absolute atomic E-state index is 0.0160. The molecule has 0 saturated carbocycles. The summed E-state index contributed by atoms with van der Waals surface area (Å²) in [4.78, 5) is 17.3. The lowest BCUT2D eigenvalue weighted by Crippen LogP contribution is -2.48. The summed E-state index contributed by atoms with van der Waals surface area (Å²) in [5, 5.41) is 10.2. The molecule has 1 N–H and O–H groups in total. The van der Waals surface area contributed by atoms with Gasteiger partial charge >= 0.3 is 0 Å². The van der Waals surface area contributed by atoms with Crippen molar-refractivity contribution in [2.24, 2.45) is 5.92 Å². The highest BCUT2D eigenvalue weighted by Gasteiger charge is 2.48. The minimum atomic E-state index is -0.521. The second-order valence-electron chi connectivity index (χ2n) is 8.99. The van der Waals surface area contributed by atoms with Gasteiger partial charge < -0.3 is 19.6 Å². The van der Waals surface area contributed by atoms with Crippen molar-refractivity contribution in [3.05, 3.63) is 94.8 Å². The Morgan fingerprint density at radius 2 is 1.80 bits per heavy atom. The first-order chi connectivity index (χ1) is 17.0. The van der Waals surface area contributed by atoms with Crippen molar-refractivity contribution in [3.8, 4) is 17.6 Å².